The summed E-state index contributed by atoms with van der Waals surface area (Å²) in [4.78, 5) is 15.4. The molecule has 1 heterocycles. The number of hydrogen-bond donors (Lipinski definition) is 1. The minimum Gasteiger partial charge on any atom is -0.493 e. The molecule has 0 aromatic heterocycles. The largest absolute Gasteiger partial charge is 0.493 e. The van der Waals surface area contributed by atoms with Gasteiger partial charge in [-0.3, -0.25) is 4.79 Å². The van der Waals surface area contributed by atoms with Crippen molar-refractivity contribution in [3.05, 3.63) is 96.1 Å². The second-order valence-corrected chi connectivity index (χ2v) is 14.6. The van der Waals surface area contributed by atoms with Crippen LogP contribution in [0.15, 0.2) is 99.6 Å². The highest BCUT2D eigenvalue weighted by molar-refractivity contribution is 7.91. The molecular formula is C33H36N2O6S2. The Morgan fingerprint density at radius 3 is 2.23 bits per heavy atom. The van der Waals surface area contributed by atoms with Crippen LogP contribution in [0.3, 0.4) is 0 Å². The van der Waals surface area contributed by atoms with E-state index in [9.17, 15) is 21.6 Å². The molecule has 1 aliphatic rings. The molecule has 1 aliphatic heterocycles. The van der Waals surface area contributed by atoms with Crippen LogP contribution in [-0.2, 0) is 19.9 Å². The molecule has 0 spiro atoms. The lowest BCUT2D eigenvalue weighted by molar-refractivity contribution is 0.0709. The number of fused-ring (bicyclic) bond motifs is 1. The van der Waals surface area contributed by atoms with E-state index in [2.05, 4.69) is 4.72 Å². The van der Waals surface area contributed by atoms with Crippen LogP contribution in [-0.4, -0.2) is 53.4 Å². The number of carbonyl (C=O) groups excluding carboxylic acids is 1. The first kappa shape index (κ1) is 30.7. The van der Waals surface area contributed by atoms with Gasteiger partial charge in [-0.2, -0.15) is 0 Å². The van der Waals surface area contributed by atoms with Crippen LogP contribution in [0.1, 0.15) is 55.5 Å². The first-order valence-corrected chi connectivity index (χ1v) is 17.4. The Morgan fingerprint density at radius 1 is 0.884 bits per heavy atom. The van der Waals surface area contributed by atoms with Crippen molar-refractivity contribution >= 4 is 36.5 Å². The lowest BCUT2D eigenvalue weighted by Crippen LogP contribution is -2.46. The van der Waals surface area contributed by atoms with Gasteiger partial charge in [0.05, 0.1) is 26.9 Å². The van der Waals surface area contributed by atoms with E-state index in [0.717, 1.165) is 10.8 Å². The van der Waals surface area contributed by atoms with Crippen molar-refractivity contribution in [1.29, 1.82) is 0 Å². The van der Waals surface area contributed by atoms with Crippen LogP contribution in [0.4, 0.5) is 0 Å². The quantitative estimate of drug-likeness (QED) is 0.254. The van der Waals surface area contributed by atoms with Crippen molar-refractivity contribution in [2.45, 2.75) is 60.3 Å². The van der Waals surface area contributed by atoms with Crippen molar-refractivity contribution in [1.82, 2.24) is 9.62 Å². The molecule has 1 fully saturated rings. The van der Waals surface area contributed by atoms with Crippen molar-refractivity contribution in [3.63, 3.8) is 0 Å². The Balaban J connectivity index is 1.36. The molecule has 0 atom stereocenters. The van der Waals surface area contributed by atoms with E-state index in [1.54, 1.807) is 29.2 Å². The number of nitrogens with zero attached hydrogens (tertiary/aromatic N) is 1. The van der Waals surface area contributed by atoms with E-state index >= 15 is 0 Å². The van der Waals surface area contributed by atoms with Crippen molar-refractivity contribution in [2.24, 2.45) is 0 Å². The van der Waals surface area contributed by atoms with Gasteiger partial charge in [0.25, 0.3) is 5.91 Å². The summed E-state index contributed by atoms with van der Waals surface area (Å²) in [5.74, 6) is 0.225. The maximum absolute atomic E-state index is 13.7. The summed E-state index contributed by atoms with van der Waals surface area (Å²) in [5.41, 5.74) is 1.04. The van der Waals surface area contributed by atoms with E-state index in [-0.39, 0.29) is 26.5 Å². The van der Waals surface area contributed by atoms with E-state index in [0.29, 0.717) is 49.4 Å². The van der Waals surface area contributed by atoms with Gasteiger partial charge in [-0.15, -0.1) is 0 Å². The summed E-state index contributed by atoms with van der Waals surface area (Å²) < 4.78 is 62.7. The number of carbonyl (C=O) groups is 1. The molecule has 4 aromatic carbocycles. The fraction of sp³-hybridized carbons (Fsp3) is 0.303. The maximum Gasteiger partial charge on any atom is 0.258 e. The van der Waals surface area contributed by atoms with Crippen molar-refractivity contribution in [3.8, 4) is 5.75 Å². The topological polar surface area (TPSA) is 110 Å². The SMILES string of the molecule is CCOc1ccc2ccccc2c1C(=O)N1CCC(NS(=O)(=O)c2cc(S(=O)(=O)c3ccccc3)ccc2C(C)C)CC1. The maximum atomic E-state index is 13.7. The average molecular weight is 621 g/mol. The van der Waals surface area contributed by atoms with Crippen molar-refractivity contribution in [2.75, 3.05) is 19.7 Å². The number of sulfonamides is 1. The molecule has 1 saturated heterocycles. The summed E-state index contributed by atoms with van der Waals surface area (Å²) in [5, 5.41) is 1.75. The number of rotatable bonds is 9. The first-order chi connectivity index (χ1) is 20.5. The summed E-state index contributed by atoms with van der Waals surface area (Å²) in [6.45, 7) is 6.76. The summed E-state index contributed by atoms with van der Waals surface area (Å²) in [6, 6.07) is 23.3. The molecule has 1 N–H and O–H groups in total. The lowest BCUT2D eigenvalue weighted by atomic mass is 10.00. The Hall–Kier alpha value is -3.73. The van der Waals surface area contributed by atoms with E-state index in [1.165, 1.54) is 24.3 Å². The predicted octanol–water partition coefficient (Wildman–Crippen LogP) is 5.78. The highest BCUT2D eigenvalue weighted by atomic mass is 32.2. The zero-order valence-electron chi connectivity index (χ0n) is 24.5. The molecule has 4 aromatic rings. The lowest BCUT2D eigenvalue weighted by Gasteiger charge is -2.33. The Bertz CT molecular complexity index is 1850. The summed E-state index contributed by atoms with van der Waals surface area (Å²) >= 11 is 0. The number of likely N-dealkylation sites (tertiary alicyclic amines) is 1. The number of ether oxygens (including phenoxy) is 1. The fourth-order valence-electron chi connectivity index (χ4n) is 5.52. The van der Waals surface area contributed by atoms with Crippen LogP contribution in [0.25, 0.3) is 10.8 Å². The van der Waals surface area contributed by atoms with Crippen LogP contribution in [0.2, 0.25) is 0 Å². The molecule has 226 valence electrons. The summed E-state index contributed by atoms with van der Waals surface area (Å²) in [6.07, 6.45) is 0.831. The smallest absolute Gasteiger partial charge is 0.258 e. The third-order valence-corrected chi connectivity index (χ3v) is 11.1. The minimum atomic E-state index is -4.07. The van der Waals surface area contributed by atoms with E-state index in [4.69, 9.17) is 4.74 Å². The van der Waals surface area contributed by atoms with Crippen molar-refractivity contribution < 1.29 is 26.4 Å². The summed E-state index contributed by atoms with van der Waals surface area (Å²) in [7, 11) is -7.98. The van der Waals surface area contributed by atoms with Crippen LogP contribution in [0, 0.1) is 0 Å². The number of piperidine rings is 1. The molecular weight excluding hydrogens is 585 g/mol. The molecule has 0 aliphatic carbocycles. The van der Waals surface area contributed by atoms with E-state index in [1.807, 2.05) is 57.2 Å². The van der Waals surface area contributed by atoms with Crippen LogP contribution in [0.5, 0.6) is 5.75 Å². The molecule has 8 nitrogen and oxygen atoms in total. The van der Waals surface area contributed by atoms with Gasteiger partial charge >= 0.3 is 0 Å². The zero-order valence-corrected chi connectivity index (χ0v) is 26.1. The van der Waals surface area contributed by atoms with Gasteiger partial charge < -0.3 is 9.64 Å². The van der Waals surface area contributed by atoms with Crippen LogP contribution >= 0.6 is 0 Å². The number of benzene rings is 4. The number of hydrogen-bond acceptors (Lipinski definition) is 6. The number of nitrogens with one attached hydrogen (secondary N) is 1. The van der Waals surface area contributed by atoms with Gasteiger partial charge in [0.1, 0.15) is 5.75 Å². The van der Waals surface area contributed by atoms with Gasteiger partial charge in [0, 0.05) is 19.1 Å². The first-order valence-electron chi connectivity index (χ1n) is 14.4. The molecule has 0 bridgehead atoms. The van der Waals surface area contributed by atoms with Gasteiger partial charge in [-0.1, -0.05) is 68.4 Å². The third kappa shape index (κ3) is 6.32. The molecule has 5 rings (SSSR count). The molecule has 1 amide bonds. The Morgan fingerprint density at radius 2 is 1.56 bits per heavy atom. The number of amides is 1. The Labute approximate surface area is 253 Å². The van der Waals surface area contributed by atoms with Gasteiger partial charge in [0.2, 0.25) is 19.9 Å². The second kappa shape index (κ2) is 12.5. The average Bonchev–Trinajstić information content (AvgIpc) is 3.01. The number of sulfone groups is 1. The van der Waals surface area contributed by atoms with Gasteiger partial charge in [-0.25, -0.2) is 21.6 Å². The molecule has 43 heavy (non-hydrogen) atoms. The fourth-order valence-corrected chi connectivity index (χ4v) is 8.60. The van der Waals surface area contributed by atoms with Gasteiger partial charge in [-0.05, 0) is 72.4 Å². The molecule has 0 saturated carbocycles. The Kier molecular flexibility index (Phi) is 8.91. The monoisotopic (exact) mass is 620 g/mol. The predicted molar refractivity (Wildman–Crippen MR) is 167 cm³/mol. The highest BCUT2D eigenvalue weighted by Crippen LogP contribution is 2.32. The molecule has 10 heteroatoms. The minimum absolute atomic E-state index is 0.0462. The van der Waals surface area contributed by atoms with E-state index < -0.39 is 25.9 Å². The standard InChI is InChI=1S/C33H36N2O6S2/c1-4-41-30-17-14-24-10-8-9-13-29(24)32(30)33(36)35-20-18-25(19-21-35)34-43(39,40)31-22-27(15-16-28(31)23(2)3)42(37,38)26-11-6-5-7-12-26/h5-17,22-23,25,34H,4,18-21H2,1-3H3. The van der Waals surface area contributed by atoms with Crippen LogP contribution < -0.4 is 9.46 Å². The highest BCUT2D eigenvalue weighted by Gasteiger charge is 2.31. The zero-order chi connectivity index (χ0) is 30.8. The molecule has 0 radical (unpaired) electrons. The molecule has 0 unspecified atom stereocenters. The second-order valence-electron chi connectivity index (χ2n) is 11.0. The van der Waals surface area contributed by atoms with Gasteiger partial charge in [0.15, 0.2) is 0 Å². The normalized spacial score (nSPS) is 14.7. The third-order valence-electron chi connectivity index (χ3n) is 7.77.